The van der Waals surface area contributed by atoms with Crippen LogP contribution in [-0.4, -0.2) is 34.7 Å². The molecular formula is C19H22F6N4O2. The van der Waals surface area contributed by atoms with Gasteiger partial charge < -0.3 is 15.2 Å². The first-order valence-electron chi connectivity index (χ1n) is 9.74. The molecule has 0 radical (unpaired) electrons. The van der Waals surface area contributed by atoms with Crippen molar-refractivity contribution in [3.8, 4) is 0 Å². The molecule has 1 aromatic carbocycles. The third-order valence-corrected chi connectivity index (χ3v) is 4.94. The van der Waals surface area contributed by atoms with Gasteiger partial charge in [0.2, 0.25) is 5.95 Å². The van der Waals surface area contributed by atoms with Crippen LogP contribution in [0.4, 0.5) is 32.3 Å². The van der Waals surface area contributed by atoms with E-state index in [1.807, 2.05) is 0 Å². The van der Waals surface area contributed by atoms with Gasteiger partial charge in [-0.05, 0) is 55.9 Å². The summed E-state index contributed by atoms with van der Waals surface area (Å²) in [6, 6.07) is 1.49. The highest BCUT2D eigenvalue weighted by molar-refractivity contribution is 5.38. The Hall–Kier alpha value is -2.34. The normalized spacial score (nSPS) is 18.8. The predicted octanol–water partition coefficient (Wildman–Crippen LogP) is 4.88. The number of nitrogens with zero attached hydrogens (tertiary/aromatic N) is 2. The minimum atomic E-state index is -4.94. The van der Waals surface area contributed by atoms with E-state index in [4.69, 9.17) is 15.2 Å². The topological polar surface area (TPSA) is 86.0 Å². The molecule has 1 aliphatic heterocycles. The lowest BCUT2D eigenvalue weighted by Crippen LogP contribution is -2.22. The number of nitrogens with two attached hydrogens (primary N) is 1. The van der Waals surface area contributed by atoms with Crippen molar-refractivity contribution in [1.82, 2.24) is 15.2 Å². The number of aromatic nitrogens is 3. The van der Waals surface area contributed by atoms with E-state index in [-0.39, 0.29) is 42.7 Å². The van der Waals surface area contributed by atoms with Crippen molar-refractivity contribution in [2.75, 3.05) is 18.9 Å². The molecule has 0 amide bonds. The second kappa shape index (κ2) is 9.43. The Kier molecular flexibility index (Phi) is 7.10. The molecule has 2 heterocycles. The SMILES string of the molecule is Nc1n[nH]c(C(CCCOC2CCCCO2)c2cc(C(F)(F)F)cc(C(F)(F)F)c2)n1. The van der Waals surface area contributed by atoms with Gasteiger partial charge in [0.05, 0.1) is 11.1 Å². The maximum Gasteiger partial charge on any atom is 0.416 e. The molecule has 1 saturated heterocycles. The summed E-state index contributed by atoms with van der Waals surface area (Å²) in [6.45, 7) is 0.824. The van der Waals surface area contributed by atoms with Gasteiger partial charge in [0.25, 0.3) is 0 Å². The van der Waals surface area contributed by atoms with Gasteiger partial charge >= 0.3 is 12.4 Å². The molecule has 0 bridgehead atoms. The lowest BCUT2D eigenvalue weighted by atomic mass is 9.90. The Morgan fingerprint density at radius 1 is 1.10 bits per heavy atom. The van der Waals surface area contributed by atoms with E-state index in [1.165, 1.54) is 0 Å². The van der Waals surface area contributed by atoms with Crippen LogP contribution in [-0.2, 0) is 21.8 Å². The van der Waals surface area contributed by atoms with Crippen LogP contribution in [0.1, 0.15) is 60.5 Å². The second-order valence-corrected chi connectivity index (χ2v) is 7.28. The summed E-state index contributed by atoms with van der Waals surface area (Å²) in [6.07, 6.45) is -7.06. The van der Waals surface area contributed by atoms with Crippen molar-refractivity contribution < 1.29 is 35.8 Å². The van der Waals surface area contributed by atoms with Crippen LogP contribution >= 0.6 is 0 Å². The maximum absolute atomic E-state index is 13.3. The van der Waals surface area contributed by atoms with Gasteiger partial charge in [0.15, 0.2) is 6.29 Å². The number of rotatable bonds is 7. The van der Waals surface area contributed by atoms with E-state index in [0.29, 0.717) is 25.2 Å². The third-order valence-electron chi connectivity index (χ3n) is 4.94. The fourth-order valence-electron chi connectivity index (χ4n) is 3.43. The Morgan fingerprint density at radius 3 is 2.29 bits per heavy atom. The van der Waals surface area contributed by atoms with Crippen molar-refractivity contribution in [1.29, 1.82) is 0 Å². The van der Waals surface area contributed by atoms with Crippen molar-refractivity contribution in [3.63, 3.8) is 0 Å². The fourth-order valence-corrected chi connectivity index (χ4v) is 3.43. The molecule has 3 N–H and O–H groups in total. The van der Waals surface area contributed by atoms with E-state index in [1.54, 1.807) is 0 Å². The molecule has 2 unspecified atom stereocenters. The monoisotopic (exact) mass is 452 g/mol. The molecule has 1 aliphatic rings. The number of H-pyrrole nitrogens is 1. The van der Waals surface area contributed by atoms with Gasteiger partial charge in [-0.3, -0.25) is 5.10 Å². The highest BCUT2D eigenvalue weighted by Crippen LogP contribution is 2.39. The van der Waals surface area contributed by atoms with Crippen LogP contribution in [0.25, 0.3) is 0 Å². The zero-order valence-corrected chi connectivity index (χ0v) is 16.4. The molecule has 31 heavy (non-hydrogen) atoms. The molecule has 0 saturated carbocycles. The lowest BCUT2D eigenvalue weighted by Gasteiger charge is -2.23. The molecule has 12 heteroatoms. The number of anilines is 1. The van der Waals surface area contributed by atoms with Gasteiger partial charge in [-0.15, -0.1) is 5.10 Å². The van der Waals surface area contributed by atoms with Crippen molar-refractivity contribution in [2.45, 2.75) is 56.7 Å². The number of aromatic amines is 1. The van der Waals surface area contributed by atoms with Crippen LogP contribution in [0.3, 0.4) is 0 Å². The van der Waals surface area contributed by atoms with Crippen LogP contribution < -0.4 is 5.73 Å². The van der Waals surface area contributed by atoms with E-state index in [2.05, 4.69) is 15.2 Å². The van der Waals surface area contributed by atoms with Crippen molar-refractivity contribution in [2.24, 2.45) is 0 Å². The first-order valence-corrected chi connectivity index (χ1v) is 9.74. The van der Waals surface area contributed by atoms with Crippen molar-refractivity contribution in [3.05, 3.63) is 40.7 Å². The van der Waals surface area contributed by atoms with Crippen LogP contribution in [0.15, 0.2) is 18.2 Å². The fraction of sp³-hybridized carbons (Fsp3) is 0.579. The van der Waals surface area contributed by atoms with Crippen molar-refractivity contribution >= 4 is 5.95 Å². The van der Waals surface area contributed by atoms with Gasteiger partial charge in [0.1, 0.15) is 5.82 Å². The minimum Gasteiger partial charge on any atom is -0.367 e. The standard InChI is InChI=1S/C19H22F6N4O2/c20-18(21,22)12-8-11(9-13(10-12)19(23,24)25)14(16-27-17(26)29-28-16)4-3-7-31-15-5-1-2-6-30-15/h8-10,14-15H,1-7H2,(H3,26,27,28,29). The average molecular weight is 452 g/mol. The first kappa shape index (κ1) is 23.3. The zero-order chi connectivity index (χ0) is 22.6. The van der Waals surface area contributed by atoms with E-state index < -0.39 is 29.4 Å². The summed E-state index contributed by atoms with van der Waals surface area (Å²) in [5.74, 6) is -0.988. The van der Waals surface area contributed by atoms with Gasteiger partial charge in [-0.25, -0.2) is 0 Å². The number of halogens is 6. The highest BCUT2D eigenvalue weighted by atomic mass is 19.4. The summed E-state index contributed by atoms with van der Waals surface area (Å²) in [4.78, 5) is 3.92. The maximum atomic E-state index is 13.3. The molecule has 2 atom stereocenters. The minimum absolute atomic E-state index is 0.0823. The number of alkyl halides is 6. The molecule has 172 valence electrons. The number of nitrogens with one attached hydrogen (secondary N) is 1. The summed E-state index contributed by atoms with van der Waals surface area (Å²) in [5, 5.41) is 6.15. The molecule has 1 aromatic heterocycles. The third kappa shape index (κ3) is 6.33. The van der Waals surface area contributed by atoms with E-state index in [0.717, 1.165) is 19.3 Å². The number of ether oxygens (including phenoxy) is 2. The summed E-state index contributed by atoms with van der Waals surface area (Å²) in [5.41, 5.74) is 2.53. The number of benzene rings is 1. The molecule has 3 rings (SSSR count). The Bertz CT molecular complexity index is 830. The van der Waals surface area contributed by atoms with Crippen LogP contribution in [0.5, 0.6) is 0 Å². The molecule has 2 aromatic rings. The molecule has 0 spiro atoms. The summed E-state index contributed by atoms with van der Waals surface area (Å²) in [7, 11) is 0. The molecular weight excluding hydrogens is 430 g/mol. The quantitative estimate of drug-likeness (QED) is 0.462. The smallest absolute Gasteiger partial charge is 0.367 e. The summed E-state index contributed by atoms with van der Waals surface area (Å²) >= 11 is 0. The Balaban J connectivity index is 1.84. The lowest BCUT2D eigenvalue weighted by molar-refractivity contribution is -0.162. The molecule has 0 aliphatic carbocycles. The predicted molar refractivity (Wildman–Crippen MR) is 97.9 cm³/mol. The van der Waals surface area contributed by atoms with E-state index >= 15 is 0 Å². The molecule has 6 nitrogen and oxygen atoms in total. The highest BCUT2D eigenvalue weighted by Gasteiger charge is 2.38. The number of hydrogen-bond acceptors (Lipinski definition) is 5. The molecule has 1 fully saturated rings. The average Bonchev–Trinajstić information content (AvgIpc) is 3.13. The first-order chi connectivity index (χ1) is 14.5. The number of nitrogen functional groups attached to an aromatic ring is 1. The largest absolute Gasteiger partial charge is 0.416 e. The van der Waals surface area contributed by atoms with Crippen LogP contribution in [0, 0.1) is 0 Å². The van der Waals surface area contributed by atoms with E-state index in [9.17, 15) is 26.3 Å². The van der Waals surface area contributed by atoms with Crippen LogP contribution in [0.2, 0.25) is 0 Å². The van der Waals surface area contributed by atoms with Gasteiger partial charge in [-0.2, -0.15) is 31.3 Å². The zero-order valence-electron chi connectivity index (χ0n) is 16.4. The Morgan fingerprint density at radius 2 is 1.77 bits per heavy atom. The number of hydrogen-bond donors (Lipinski definition) is 2. The van der Waals surface area contributed by atoms with Gasteiger partial charge in [0, 0.05) is 19.1 Å². The second-order valence-electron chi connectivity index (χ2n) is 7.28. The van der Waals surface area contributed by atoms with Gasteiger partial charge in [-0.1, -0.05) is 0 Å². The summed E-state index contributed by atoms with van der Waals surface area (Å²) < 4.78 is 90.6. The Labute approximate surface area is 174 Å².